The van der Waals surface area contributed by atoms with Crippen LogP contribution in [-0.4, -0.2) is 62.3 Å². The zero-order valence-electron chi connectivity index (χ0n) is 17.1. The Balaban J connectivity index is 1.68. The van der Waals surface area contributed by atoms with Crippen LogP contribution < -0.4 is 9.64 Å². The fourth-order valence-corrected chi connectivity index (χ4v) is 4.74. The average Bonchev–Trinajstić information content (AvgIpc) is 3.17. The van der Waals surface area contributed by atoms with E-state index >= 15 is 0 Å². The highest BCUT2D eigenvalue weighted by Gasteiger charge is 2.25. The number of hydrogen-bond donors (Lipinski definition) is 0. The van der Waals surface area contributed by atoms with Gasteiger partial charge in [-0.2, -0.15) is 0 Å². The summed E-state index contributed by atoms with van der Waals surface area (Å²) in [4.78, 5) is 22.4. The van der Waals surface area contributed by atoms with E-state index in [1.807, 2.05) is 12.1 Å². The van der Waals surface area contributed by atoms with Crippen LogP contribution in [-0.2, 0) is 4.74 Å². The lowest BCUT2D eigenvalue weighted by Gasteiger charge is -2.29. The zero-order chi connectivity index (χ0) is 21.1. The Bertz CT molecular complexity index is 1050. The Labute approximate surface area is 185 Å². The first kappa shape index (κ1) is 21.1. The van der Waals surface area contributed by atoms with Crippen LogP contribution in [0.15, 0.2) is 36.4 Å². The van der Waals surface area contributed by atoms with Gasteiger partial charge in [0.1, 0.15) is 5.75 Å². The number of rotatable bonds is 6. The van der Waals surface area contributed by atoms with Crippen LogP contribution >= 0.6 is 22.9 Å². The van der Waals surface area contributed by atoms with Gasteiger partial charge in [0.25, 0.3) is 5.91 Å². The van der Waals surface area contributed by atoms with E-state index in [9.17, 15) is 4.79 Å². The molecule has 3 aromatic rings. The van der Waals surface area contributed by atoms with Gasteiger partial charge in [-0.3, -0.25) is 14.6 Å². The minimum atomic E-state index is -0.168. The number of halogens is 1. The Hall–Kier alpha value is -2.19. The molecule has 1 aromatic heterocycles. The first-order valence-corrected chi connectivity index (χ1v) is 11.1. The Morgan fingerprint density at radius 1 is 1.27 bits per heavy atom. The van der Waals surface area contributed by atoms with E-state index in [4.69, 9.17) is 26.1 Å². The van der Waals surface area contributed by atoms with E-state index in [1.54, 1.807) is 30.2 Å². The summed E-state index contributed by atoms with van der Waals surface area (Å²) in [6.07, 6.45) is 0. The van der Waals surface area contributed by atoms with Crippen molar-refractivity contribution in [3.63, 3.8) is 0 Å². The topological polar surface area (TPSA) is 54.9 Å². The second-order valence-corrected chi connectivity index (χ2v) is 8.67. The molecule has 4 rings (SSSR count). The molecule has 30 heavy (non-hydrogen) atoms. The molecule has 0 radical (unpaired) electrons. The SMILES string of the molecule is COc1ccc(Cl)cc1C(=O)N(CCN1CCOCC1)c1nc2ccc(C)cc2s1. The first-order chi connectivity index (χ1) is 14.5. The van der Waals surface area contributed by atoms with E-state index in [0.717, 1.165) is 43.1 Å². The third-order valence-corrected chi connectivity index (χ3v) is 6.42. The van der Waals surface area contributed by atoms with Gasteiger partial charge >= 0.3 is 0 Å². The third kappa shape index (κ3) is 4.59. The highest BCUT2D eigenvalue weighted by atomic mass is 35.5. The molecule has 0 spiro atoms. The van der Waals surface area contributed by atoms with Crippen molar-refractivity contribution >= 4 is 44.2 Å². The van der Waals surface area contributed by atoms with Gasteiger partial charge in [0.15, 0.2) is 5.13 Å². The Kier molecular flexibility index (Phi) is 6.53. The number of methoxy groups -OCH3 is 1. The van der Waals surface area contributed by atoms with Crippen LogP contribution in [0.1, 0.15) is 15.9 Å². The lowest BCUT2D eigenvalue weighted by molar-refractivity contribution is 0.0391. The highest BCUT2D eigenvalue weighted by molar-refractivity contribution is 7.22. The predicted octanol–water partition coefficient (Wildman–Crippen LogP) is 4.25. The molecule has 0 N–H and O–H groups in total. The van der Waals surface area contributed by atoms with Gasteiger partial charge in [0.05, 0.1) is 36.1 Å². The second-order valence-electron chi connectivity index (χ2n) is 7.22. The minimum Gasteiger partial charge on any atom is -0.496 e. The largest absolute Gasteiger partial charge is 0.496 e. The fourth-order valence-electron chi connectivity index (χ4n) is 3.48. The summed E-state index contributed by atoms with van der Waals surface area (Å²) in [5.41, 5.74) is 2.49. The number of aryl methyl sites for hydroxylation is 1. The van der Waals surface area contributed by atoms with Crippen LogP contribution in [0.4, 0.5) is 5.13 Å². The highest BCUT2D eigenvalue weighted by Crippen LogP contribution is 2.32. The van der Waals surface area contributed by atoms with E-state index < -0.39 is 0 Å². The molecule has 0 unspecified atom stereocenters. The maximum Gasteiger partial charge on any atom is 0.263 e. The third-order valence-electron chi connectivity index (χ3n) is 5.14. The van der Waals surface area contributed by atoms with Gasteiger partial charge in [-0.05, 0) is 42.8 Å². The predicted molar refractivity (Wildman–Crippen MR) is 121 cm³/mol. The van der Waals surface area contributed by atoms with Crippen molar-refractivity contribution in [3.8, 4) is 5.75 Å². The Morgan fingerprint density at radius 2 is 2.07 bits per heavy atom. The van der Waals surface area contributed by atoms with Crippen LogP contribution in [0, 0.1) is 6.92 Å². The van der Waals surface area contributed by atoms with Crippen LogP contribution in [0.25, 0.3) is 10.2 Å². The molecule has 0 saturated carbocycles. The van der Waals surface area contributed by atoms with Crippen molar-refractivity contribution in [2.24, 2.45) is 0 Å². The standard InChI is InChI=1S/C22H24ClN3O3S/c1-15-3-5-18-20(13-15)30-22(24-18)26(8-7-25-9-11-29-12-10-25)21(27)17-14-16(23)4-6-19(17)28-2/h3-6,13-14H,7-12H2,1-2H3. The monoisotopic (exact) mass is 445 g/mol. The van der Waals surface area contributed by atoms with Crippen molar-refractivity contribution in [2.75, 3.05) is 51.4 Å². The number of anilines is 1. The van der Waals surface area contributed by atoms with Crippen LogP contribution in [0.2, 0.25) is 5.02 Å². The van der Waals surface area contributed by atoms with Gasteiger partial charge in [-0.15, -0.1) is 0 Å². The molecule has 0 aliphatic carbocycles. The summed E-state index contributed by atoms with van der Waals surface area (Å²) in [5.74, 6) is 0.330. The summed E-state index contributed by atoms with van der Waals surface area (Å²) < 4.78 is 11.9. The smallest absolute Gasteiger partial charge is 0.263 e. The number of carbonyl (C=O) groups excluding carboxylic acids is 1. The molecule has 1 fully saturated rings. The van der Waals surface area contributed by atoms with Crippen LogP contribution in [0.3, 0.4) is 0 Å². The van der Waals surface area contributed by atoms with E-state index in [1.165, 1.54) is 16.9 Å². The van der Waals surface area contributed by atoms with Crippen LogP contribution in [0.5, 0.6) is 5.75 Å². The average molecular weight is 446 g/mol. The van der Waals surface area contributed by atoms with Crippen molar-refractivity contribution in [2.45, 2.75) is 6.92 Å². The molecule has 6 nitrogen and oxygen atoms in total. The van der Waals surface area contributed by atoms with Crippen molar-refractivity contribution in [1.29, 1.82) is 0 Å². The quantitative estimate of drug-likeness (QED) is 0.567. The number of morpholine rings is 1. The number of amides is 1. The van der Waals surface area contributed by atoms with Gasteiger partial charge in [0, 0.05) is 31.2 Å². The molecule has 158 valence electrons. The molecular formula is C22H24ClN3O3S. The number of benzene rings is 2. The number of nitrogens with zero attached hydrogens (tertiary/aromatic N) is 3. The number of hydrogen-bond acceptors (Lipinski definition) is 6. The molecule has 1 saturated heterocycles. The molecule has 2 heterocycles. The summed E-state index contributed by atoms with van der Waals surface area (Å²) in [7, 11) is 1.55. The lowest BCUT2D eigenvalue weighted by atomic mass is 10.1. The summed E-state index contributed by atoms with van der Waals surface area (Å²) in [5, 5.41) is 1.17. The van der Waals surface area contributed by atoms with E-state index in [-0.39, 0.29) is 5.91 Å². The Morgan fingerprint density at radius 3 is 2.83 bits per heavy atom. The van der Waals surface area contributed by atoms with E-state index in [0.29, 0.717) is 28.0 Å². The maximum atomic E-state index is 13.6. The molecular weight excluding hydrogens is 422 g/mol. The normalized spacial score (nSPS) is 14.8. The summed E-state index contributed by atoms with van der Waals surface area (Å²) in [6.45, 7) is 6.48. The molecule has 2 aromatic carbocycles. The lowest BCUT2D eigenvalue weighted by Crippen LogP contribution is -2.43. The molecule has 1 amide bonds. The molecule has 1 aliphatic heterocycles. The summed E-state index contributed by atoms with van der Waals surface area (Å²) >= 11 is 7.71. The van der Waals surface area contributed by atoms with E-state index in [2.05, 4.69) is 17.9 Å². The summed E-state index contributed by atoms with van der Waals surface area (Å²) in [6, 6.07) is 11.2. The van der Waals surface area contributed by atoms with Gasteiger partial charge in [-0.1, -0.05) is 29.0 Å². The number of thiazole rings is 1. The fraction of sp³-hybridized carbons (Fsp3) is 0.364. The zero-order valence-corrected chi connectivity index (χ0v) is 18.6. The molecule has 0 atom stereocenters. The molecule has 1 aliphatic rings. The van der Waals surface area contributed by atoms with Gasteiger partial charge in [-0.25, -0.2) is 4.98 Å². The number of ether oxygens (including phenoxy) is 2. The number of fused-ring (bicyclic) bond motifs is 1. The maximum absolute atomic E-state index is 13.6. The van der Waals surface area contributed by atoms with Gasteiger partial charge in [0.2, 0.25) is 0 Å². The van der Waals surface area contributed by atoms with Crippen molar-refractivity contribution in [1.82, 2.24) is 9.88 Å². The number of aromatic nitrogens is 1. The number of carbonyl (C=O) groups is 1. The van der Waals surface area contributed by atoms with Gasteiger partial charge < -0.3 is 9.47 Å². The minimum absolute atomic E-state index is 0.168. The van der Waals surface area contributed by atoms with Crippen molar-refractivity contribution < 1.29 is 14.3 Å². The molecule has 8 heteroatoms. The van der Waals surface area contributed by atoms with Crippen molar-refractivity contribution in [3.05, 3.63) is 52.5 Å². The molecule has 0 bridgehead atoms. The first-order valence-electron chi connectivity index (χ1n) is 9.88. The second kappa shape index (κ2) is 9.31.